The number of aliphatic hydroxyl groups is 1. The number of hydrogen-bond donors (Lipinski definition) is 1. The van der Waals surface area contributed by atoms with Gasteiger partial charge in [-0.3, -0.25) is 0 Å². The summed E-state index contributed by atoms with van der Waals surface area (Å²) in [5.74, 6) is 0.301. The second kappa shape index (κ2) is 3.44. The molecule has 0 saturated heterocycles. The Labute approximate surface area is 74.8 Å². The fraction of sp³-hybridized carbons (Fsp3) is 0.636. The normalized spacial score (nSPS) is 25.8. The van der Waals surface area contributed by atoms with Crippen LogP contribution in [-0.2, 0) is 0 Å². The van der Waals surface area contributed by atoms with E-state index in [1.54, 1.807) is 0 Å². The lowest BCUT2D eigenvalue weighted by molar-refractivity contribution is 0.0286. The van der Waals surface area contributed by atoms with E-state index in [1.807, 2.05) is 12.2 Å². The standard InChI is InChI=1S/C11H18O/c1-11(2,3)10(12)9-7-5-4-6-8-9/h4-7,9-10,12H,8H2,1-3H3/t9-,10+/m1/s1. The predicted molar refractivity (Wildman–Crippen MR) is 51.8 cm³/mol. The first-order valence-electron chi connectivity index (χ1n) is 4.53. The van der Waals surface area contributed by atoms with Crippen molar-refractivity contribution in [2.24, 2.45) is 11.3 Å². The molecule has 0 aliphatic heterocycles. The van der Waals surface area contributed by atoms with Crippen LogP contribution in [0.25, 0.3) is 0 Å². The van der Waals surface area contributed by atoms with Crippen LogP contribution in [0.2, 0.25) is 0 Å². The third-order valence-corrected chi connectivity index (χ3v) is 2.31. The summed E-state index contributed by atoms with van der Waals surface area (Å²) in [7, 11) is 0. The molecule has 0 radical (unpaired) electrons. The van der Waals surface area contributed by atoms with E-state index in [1.165, 1.54) is 0 Å². The molecule has 0 bridgehead atoms. The van der Waals surface area contributed by atoms with Crippen LogP contribution in [-0.4, -0.2) is 11.2 Å². The Hall–Kier alpha value is -0.560. The van der Waals surface area contributed by atoms with Crippen molar-refractivity contribution in [1.29, 1.82) is 0 Å². The van der Waals surface area contributed by atoms with Crippen LogP contribution in [0.4, 0.5) is 0 Å². The highest BCUT2D eigenvalue weighted by Crippen LogP contribution is 2.29. The Morgan fingerprint density at radius 1 is 1.33 bits per heavy atom. The van der Waals surface area contributed by atoms with Crippen molar-refractivity contribution in [1.82, 2.24) is 0 Å². The first-order valence-corrected chi connectivity index (χ1v) is 4.53. The maximum absolute atomic E-state index is 9.93. The number of aliphatic hydroxyl groups excluding tert-OH is 1. The third-order valence-electron chi connectivity index (χ3n) is 2.31. The van der Waals surface area contributed by atoms with E-state index in [0.717, 1.165) is 6.42 Å². The van der Waals surface area contributed by atoms with Crippen LogP contribution in [0.5, 0.6) is 0 Å². The van der Waals surface area contributed by atoms with Crippen molar-refractivity contribution in [3.05, 3.63) is 24.3 Å². The van der Waals surface area contributed by atoms with Gasteiger partial charge in [0.2, 0.25) is 0 Å². The molecule has 2 atom stereocenters. The molecular formula is C11H18O. The van der Waals surface area contributed by atoms with Gasteiger partial charge in [0.15, 0.2) is 0 Å². The minimum Gasteiger partial charge on any atom is -0.392 e. The van der Waals surface area contributed by atoms with Gasteiger partial charge in [-0.05, 0) is 11.8 Å². The fourth-order valence-electron chi connectivity index (χ4n) is 1.48. The van der Waals surface area contributed by atoms with Gasteiger partial charge < -0.3 is 5.11 Å². The Kier molecular flexibility index (Phi) is 2.73. The van der Waals surface area contributed by atoms with E-state index in [4.69, 9.17) is 0 Å². The molecule has 0 aromatic heterocycles. The summed E-state index contributed by atoms with van der Waals surface area (Å²) in [4.78, 5) is 0. The second-order valence-electron chi connectivity index (χ2n) is 4.52. The molecule has 0 aromatic carbocycles. The first kappa shape index (κ1) is 9.53. The van der Waals surface area contributed by atoms with Gasteiger partial charge in [0.25, 0.3) is 0 Å². The summed E-state index contributed by atoms with van der Waals surface area (Å²) in [6.07, 6.45) is 8.98. The van der Waals surface area contributed by atoms with Gasteiger partial charge in [-0.1, -0.05) is 45.1 Å². The zero-order chi connectivity index (χ0) is 9.19. The van der Waals surface area contributed by atoms with Crippen LogP contribution in [0.3, 0.4) is 0 Å². The van der Waals surface area contributed by atoms with Gasteiger partial charge in [-0.2, -0.15) is 0 Å². The molecule has 0 unspecified atom stereocenters. The highest BCUT2D eigenvalue weighted by Gasteiger charge is 2.28. The highest BCUT2D eigenvalue weighted by atomic mass is 16.3. The molecule has 0 aromatic rings. The van der Waals surface area contributed by atoms with E-state index in [0.29, 0.717) is 5.92 Å². The Morgan fingerprint density at radius 2 is 2.00 bits per heavy atom. The van der Waals surface area contributed by atoms with Crippen molar-refractivity contribution in [3.8, 4) is 0 Å². The minimum atomic E-state index is -0.237. The minimum absolute atomic E-state index is 0.0137. The molecule has 68 valence electrons. The zero-order valence-electron chi connectivity index (χ0n) is 8.12. The van der Waals surface area contributed by atoms with Crippen LogP contribution < -0.4 is 0 Å². The number of rotatable bonds is 1. The molecule has 0 spiro atoms. The van der Waals surface area contributed by atoms with Crippen LogP contribution in [0.1, 0.15) is 27.2 Å². The molecular weight excluding hydrogens is 148 g/mol. The lowest BCUT2D eigenvalue weighted by Crippen LogP contribution is -2.33. The summed E-state index contributed by atoms with van der Waals surface area (Å²) in [5.41, 5.74) is -0.0137. The predicted octanol–water partition coefficient (Wildman–Crippen LogP) is 2.53. The Bertz CT molecular complexity index is 196. The first-order chi connectivity index (χ1) is 5.52. The smallest absolute Gasteiger partial charge is 0.0654 e. The van der Waals surface area contributed by atoms with Crippen molar-refractivity contribution < 1.29 is 5.11 Å². The van der Waals surface area contributed by atoms with E-state index < -0.39 is 0 Å². The summed E-state index contributed by atoms with van der Waals surface area (Å²) < 4.78 is 0. The fourth-order valence-corrected chi connectivity index (χ4v) is 1.48. The van der Waals surface area contributed by atoms with E-state index in [2.05, 4.69) is 32.9 Å². The summed E-state index contributed by atoms with van der Waals surface area (Å²) >= 11 is 0. The zero-order valence-corrected chi connectivity index (χ0v) is 8.12. The molecule has 0 saturated carbocycles. The molecule has 1 N–H and O–H groups in total. The SMILES string of the molecule is CC(C)(C)[C@@H](O)[C@@H]1C=CC=CC1. The largest absolute Gasteiger partial charge is 0.392 e. The molecule has 12 heavy (non-hydrogen) atoms. The Morgan fingerprint density at radius 3 is 2.42 bits per heavy atom. The molecule has 1 rings (SSSR count). The molecule has 1 nitrogen and oxygen atoms in total. The Balaban J connectivity index is 2.59. The van der Waals surface area contributed by atoms with Gasteiger partial charge in [0.05, 0.1) is 6.10 Å². The number of allylic oxidation sites excluding steroid dienone is 3. The van der Waals surface area contributed by atoms with Crippen LogP contribution >= 0.6 is 0 Å². The average molecular weight is 166 g/mol. The van der Waals surface area contributed by atoms with Gasteiger partial charge in [-0.15, -0.1) is 0 Å². The lowest BCUT2D eigenvalue weighted by Gasteiger charge is -2.31. The van der Waals surface area contributed by atoms with Crippen molar-refractivity contribution in [3.63, 3.8) is 0 Å². The van der Waals surface area contributed by atoms with Crippen LogP contribution in [0, 0.1) is 11.3 Å². The van der Waals surface area contributed by atoms with E-state index in [9.17, 15) is 5.11 Å². The van der Waals surface area contributed by atoms with Crippen molar-refractivity contribution in [2.45, 2.75) is 33.3 Å². The van der Waals surface area contributed by atoms with Gasteiger partial charge in [0, 0.05) is 5.92 Å². The second-order valence-corrected chi connectivity index (χ2v) is 4.52. The van der Waals surface area contributed by atoms with Crippen LogP contribution in [0.15, 0.2) is 24.3 Å². The van der Waals surface area contributed by atoms with Gasteiger partial charge in [-0.25, -0.2) is 0 Å². The van der Waals surface area contributed by atoms with Crippen molar-refractivity contribution in [2.75, 3.05) is 0 Å². The van der Waals surface area contributed by atoms with Gasteiger partial charge >= 0.3 is 0 Å². The highest BCUT2D eigenvalue weighted by molar-refractivity contribution is 5.12. The molecule has 0 fully saturated rings. The monoisotopic (exact) mass is 166 g/mol. The van der Waals surface area contributed by atoms with Gasteiger partial charge in [0.1, 0.15) is 0 Å². The van der Waals surface area contributed by atoms with E-state index >= 15 is 0 Å². The topological polar surface area (TPSA) is 20.2 Å². The third kappa shape index (κ3) is 2.21. The molecule has 1 aliphatic rings. The number of hydrogen-bond acceptors (Lipinski definition) is 1. The average Bonchev–Trinajstić information content (AvgIpc) is 2.03. The summed E-state index contributed by atoms with van der Waals surface area (Å²) in [6.45, 7) is 6.22. The summed E-state index contributed by atoms with van der Waals surface area (Å²) in [5, 5.41) is 9.93. The lowest BCUT2D eigenvalue weighted by atomic mass is 9.79. The maximum Gasteiger partial charge on any atom is 0.0654 e. The van der Waals surface area contributed by atoms with E-state index in [-0.39, 0.29) is 11.5 Å². The van der Waals surface area contributed by atoms with Crippen molar-refractivity contribution >= 4 is 0 Å². The molecule has 1 aliphatic carbocycles. The molecule has 0 heterocycles. The molecule has 0 amide bonds. The summed E-state index contributed by atoms with van der Waals surface area (Å²) in [6, 6.07) is 0. The molecule has 1 heteroatoms. The maximum atomic E-state index is 9.93. The quantitative estimate of drug-likeness (QED) is 0.634.